The van der Waals surface area contributed by atoms with Crippen molar-refractivity contribution in [2.45, 2.75) is 19.8 Å². The molecule has 100 valence electrons. The van der Waals surface area contributed by atoms with Crippen LogP contribution in [-0.4, -0.2) is 13.4 Å². The molecule has 0 saturated heterocycles. The molecule has 0 radical (unpaired) electrons. The molecule has 0 unspecified atom stereocenters. The number of ether oxygens (including phenoxy) is 1. The number of carbonyl (C=O) groups excluding carboxylic acids is 1. The summed E-state index contributed by atoms with van der Waals surface area (Å²) in [6.07, 6.45) is 3.24. The first-order valence-electron chi connectivity index (χ1n) is 6.43. The summed E-state index contributed by atoms with van der Waals surface area (Å²) >= 11 is 0. The minimum Gasteiger partial charge on any atom is -0.497 e. The molecular formula is C17H20O2. The second-order valence-corrected chi connectivity index (χ2v) is 4.13. The van der Waals surface area contributed by atoms with Crippen LogP contribution in [0, 0.1) is 0 Å². The summed E-state index contributed by atoms with van der Waals surface area (Å²) in [4.78, 5) is 10.2. The van der Waals surface area contributed by atoms with Crippen molar-refractivity contribution < 1.29 is 9.53 Å². The van der Waals surface area contributed by atoms with Gasteiger partial charge < -0.3 is 4.74 Å². The highest BCUT2D eigenvalue weighted by atomic mass is 16.5. The molecule has 0 aromatic heterocycles. The van der Waals surface area contributed by atoms with Crippen LogP contribution in [0.4, 0.5) is 0 Å². The number of carbonyl (C=O) groups is 1. The van der Waals surface area contributed by atoms with E-state index >= 15 is 0 Å². The number of benzene rings is 2. The summed E-state index contributed by atoms with van der Waals surface area (Å²) in [5, 5.41) is 0. The van der Waals surface area contributed by atoms with Crippen molar-refractivity contribution in [3.05, 3.63) is 65.7 Å². The molecule has 0 spiro atoms. The average molecular weight is 256 g/mol. The number of hydrogen-bond acceptors (Lipinski definition) is 2. The molecule has 0 fully saturated rings. The van der Waals surface area contributed by atoms with E-state index in [1.54, 1.807) is 31.4 Å². The van der Waals surface area contributed by atoms with Crippen LogP contribution in [0.25, 0.3) is 0 Å². The normalized spacial score (nSPS) is 9.16. The molecular weight excluding hydrogens is 236 g/mol. The topological polar surface area (TPSA) is 26.3 Å². The Morgan fingerprint density at radius 1 is 1.05 bits per heavy atom. The quantitative estimate of drug-likeness (QED) is 0.768. The van der Waals surface area contributed by atoms with E-state index in [9.17, 15) is 4.79 Å². The first-order chi connectivity index (χ1) is 9.30. The minimum absolute atomic E-state index is 0.638. The Kier molecular flexibility index (Phi) is 7.03. The summed E-state index contributed by atoms with van der Waals surface area (Å²) in [6, 6.07) is 17.6. The molecule has 0 saturated carbocycles. The van der Waals surface area contributed by atoms with Gasteiger partial charge in [0.1, 0.15) is 12.0 Å². The molecule has 2 rings (SSSR count). The van der Waals surface area contributed by atoms with E-state index < -0.39 is 0 Å². The van der Waals surface area contributed by atoms with Gasteiger partial charge in [-0.2, -0.15) is 0 Å². The molecule has 0 atom stereocenters. The zero-order valence-electron chi connectivity index (χ0n) is 11.5. The summed E-state index contributed by atoms with van der Waals surface area (Å²) in [6.45, 7) is 2.20. The first kappa shape index (κ1) is 15.0. The molecule has 2 aromatic carbocycles. The van der Waals surface area contributed by atoms with Crippen molar-refractivity contribution in [3.8, 4) is 5.75 Å². The van der Waals surface area contributed by atoms with E-state index in [2.05, 4.69) is 37.3 Å². The van der Waals surface area contributed by atoms with Crippen molar-refractivity contribution in [2.75, 3.05) is 7.11 Å². The fourth-order valence-electron chi connectivity index (χ4n) is 1.65. The Morgan fingerprint density at radius 2 is 1.79 bits per heavy atom. The Labute approximate surface area is 115 Å². The maximum Gasteiger partial charge on any atom is 0.150 e. The molecule has 2 aromatic rings. The third-order valence-electron chi connectivity index (χ3n) is 2.61. The molecule has 0 N–H and O–H groups in total. The first-order valence-corrected chi connectivity index (χ1v) is 6.43. The number of rotatable bonds is 4. The van der Waals surface area contributed by atoms with E-state index in [1.807, 2.05) is 0 Å². The number of aryl methyl sites for hydroxylation is 1. The van der Waals surface area contributed by atoms with Gasteiger partial charge in [-0.25, -0.2) is 0 Å². The van der Waals surface area contributed by atoms with Crippen molar-refractivity contribution in [3.63, 3.8) is 0 Å². The van der Waals surface area contributed by atoms with Crippen LogP contribution in [0.3, 0.4) is 0 Å². The predicted octanol–water partition coefficient (Wildman–Crippen LogP) is 4.15. The SMILES string of the molecule is CCCc1ccccc1.COc1cccc(C=O)c1. The predicted molar refractivity (Wildman–Crippen MR) is 78.8 cm³/mol. The van der Waals surface area contributed by atoms with E-state index in [0.29, 0.717) is 11.3 Å². The fraction of sp³-hybridized carbons (Fsp3) is 0.235. The summed E-state index contributed by atoms with van der Waals surface area (Å²) in [5.41, 5.74) is 2.08. The number of methoxy groups -OCH3 is 1. The second kappa shape index (κ2) is 8.92. The summed E-state index contributed by atoms with van der Waals surface area (Å²) in [5.74, 6) is 0.713. The molecule has 0 heterocycles. The van der Waals surface area contributed by atoms with Gasteiger partial charge in [-0.05, 0) is 24.1 Å². The zero-order valence-corrected chi connectivity index (χ0v) is 11.5. The molecule has 19 heavy (non-hydrogen) atoms. The molecule has 2 heteroatoms. The Balaban J connectivity index is 0.000000191. The van der Waals surface area contributed by atoms with E-state index in [4.69, 9.17) is 4.74 Å². The van der Waals surface area contributed by atoms with Crippen molar-refractivity contribution in [1.29, 1.82) is 0 Å². The third-order valence-corrected chi connectivity index (χ3v) is 2.61. The van der Waals surface area contributed by atoms with Crippen LogP contribution in [0.2, 0.25) is 0 Å². The number of aldehydes is 1. The molecule has 2 nitrogen and oxygen atoms in total. The van der Waals surface area contributed by atoms with Gasteiger partial charge in [-0.1, -0.05) is 55.8 Å². The monoisotopic (exact) mass is 256 g/mol. The van der Waals surface area contributed by atoms with Gasteiger partial charge in [-0.15, -0.1) is 0 Å². The van der Waals surface area contributed by atoms with Crippen LogP contribution in [0.1, 0.15) is 29.3 Å². The second-order valence-electron chi connectivity index (χ2n) is 4.13. The molecule has 0 aliphatic rings. The van der Waals surface area contributed by atoms with Crippen LogP contribution in [0.15, 0.2) is 54.6 Å². The van der Waals surface area contributed by atoms with E-state index in [1.165, 1.54) is 18.4 Å². The lowest BCUT2D eigenvalue weighted by atomic mass is 10.1. The highest BCUT2D eigenvalue weighted by Gasteiger charge is 1.91. The minimum atomic E-state index is 0.638. The van der Waals surface area contributed by atoms with Crippen LogP contribution in [0.5, 0.6) is 5.75 Å². The van der Waals surface area contributed by atoms with Crippen LogP contribution < -0.4 is 4.74 Å². The van der Waals surface area contributed by atoms with Crippen molar-refractivity contribution in [2.24, 2.45) is 0 Å². The van der Waals surface area contributed by atoms with E-state index in [0.717, 1.165) is 6.29 Å². The lowest BCUT2D eigenvalue weighted by molar-refractivity contribution is 0.112. The maximum absolute atomic E-state index is 10.2. The lowest BCUT2D eigenvalue weighted by Crippen LogP contribution is -1.84. The van der Waals surface area contributed by atoms with Crippen LogP contribution in [-0.2, 0) is 6.42 Å². The Morgan fingerprint density at radius 3 is 2.37 bits per heavy atom. The van der Waals surface area contributed by atoms with Crippen molar-refractivity contribution >= 4 is 6.29 Å². The van der Waals surface area contributed by atoms with Gasteiger partial charge in [0.2, 0.25) is 0 Å². The van der Waals surface area contributed by atoms with Crippen LogP contribution >= 0.6 is 0 Å². The largest absolute Gasteiger partial charge is 0.497 e. The van der Waals surface area contributed by atoms with Crippen molar-refractivity contribution in [1.82, 2.24) is 0 Å². The fourth-order valence-corrected chi connectivity index (χ4v) is 1.65. The molecule has 0 amide bonds. The number of hydrogen-bond donors (Lipinski definition) is 0. The highest BCUT2D eigenvalue weighted by molar-refractivity contribution is 5.75. The van der Waals surface area contributed by atoms with Gasteiger partial charge in [-0.3, -0.25) is 4.79 Å². The van der Waals surface area contributed by atoms with Gasteiger partial charge in [0.15, 0.2) is 0 Å². The van der Waals surface area contributed by atoms with Gasteiger partial charge >= 0.3 is 0 Å². The van der Waals surface area contributed by atoms with Gasteiger partial charge in [0.25, 0.3) is 0 Å². The average Bonchev–Trinajstić information content (AvgIpc) is 2.49. The standard InChI is InChI=1S/C9H12.C8H8O2/c1-2-6-9-7-4-3-5-8-9;1-10-8-4-2-3-7(5-8)6-9/h3-5,7-8H,2,6H2,1H3;2-6H,1H3. The Bertz CT molecular complexity index is 478. The highest BCUT2D eigenvalue weighted by Crippen LogP contribution is 2.10. The smallest absolute Gasteiger partial charge is 0.150 e. The van der Waals surface area contributed by atoms with Gasteiger partial charge in [0, 0.05) is 5.56 Å². The van der Waals surface area contributed by atoms with Gasteiger partial charge in [0.05, 0.1) is 7.11 Å². The third kappa shape index (κ3) is 5.87. The lowest BCUT2D eigenvalue weighted by Gasteiger charge is -1.97. The summed E-state index contributed by atoms with van der Waals surface area (Å²) in [7, 11) is 1.57. The zero-order chi connectivity index (χ0) is 13.9. The molecule has 0 aliphatic heterocycles. The molecule has 0 aliphatic carbocycles. The Hall–Kier alpha value is -2.09. The maximum atomic E-state index is 10.2. The van der Waals surface area contributed by atoms with E-state index in [-0.39, 0.29) is 0 Å². The molecule has 0 bridgehead atoms. The summed E-state index contributed by atoms with van der Waals surface area (Å²) < 4.78 is 4.90.